The van der Waals surface area contributed by atoms with Crippen molar-refractivity contribution in [3.05, 3.63) is 0 Å². The summed E-state index contributed by atoms with van der Waals surface area (Å²) in [6.07, 6.45) is 0. The molecule has 0 amide bonds. The van der Waals surface area contributed by atoms with Crippen LogP contribution in [0.5, 0.6) is 0 Å². The highest BCUT2D eigenvalue weighted by molar-refractivity contribution is 7.45. The highest BCUT2D eigenvalue weighted by atomic mass is 31.2. The van der Waals surface area contributed by atoms with Crippen LogP contribution in [0, 0.1) is 0 Å². The molecule has 0 atom stereocenters. The summed E-state index contributed by atoms with van der Waals surface area (Å²) in [5.74, 6) is 0. The van der Waals surface area contributed by atoms with Gasteiger partial charge in [-0.05, 0) is 6.54 Å². The van der Waals surface area contributed by atoms with E-state index in [2.05, 4.69) is 0 Å². The zero-order valence-corrected chi connectivity index (χ0v) is 6.08. The molecule has 0 fully saturated rings. The van der Waals surface area contributed by atoms with Gasteiger partial charge < -0.3 is 26.6 Å². The predicted molar refractivity (Wildman–Crippen MR) is 34.0 cm³/mol. The fraction of sp³-hybridized carbons (Fsp3) is 1.00. The molecule has 0 aliphatic heterocycles. The topological polar surface area (TPSA) is 139 Å². The van der Waals surface area contributed by atoms with Crippen LogP contribution in [0.1, 0.15) is 6.92 Å². The molecule has 0 aliphatic rings. The lowest BCUT2D eigenvalue weighted by Gasteiger charge is -1.82. The zero-order valence-electron chi connectivity index (χ0n) is 5.19. The first-order valence-electron chi connectivity index (χ1n) is 1.90. The number of hydrogen-bond donors (Lipinski definition) is 5. The molecule has 0 aromatic carbocycles. The van der Waals surface area contributed by atoms with E-state index in [1.165, 1.54) is 0 Å². The van der Waals surface area contributed by atoms with Gasteiger partial charge in [-0.25, -0.2) is 4.57 Å². The molecular formula is C2H13N2O4P. The normalized spacial score (nSPS) is 8.56. The van der Waals surface area contributed by atoms with E-state index in [9.17, 15) is 0 Å². The van der Waals surface area contributed by atoms with Crippen LogP contribution in [0.2, 0.25) is 0 Å². The van der Waals surface area contributed by atoms with Crippen molar-refractivity contribution >= 4 is 7.82 Å². The maximum Gasteiger partial charge on any atom is 0.466 e. The number of nitrogens with two attached hydrogens (primary N) is 1. The maximum absolute atomic E-state index is 8.88. The molecule has 0 unspecified atom stereocenters. The Morgan fingerprint density at radius 2 is 1.44 bits per heavy atom. The number of hydrogen-bond acceptors (Lipinski definition) is 3. The molecule has 0 aromatic heterocycles. The van der Waals surface area contributed by atoms with Crippen molar-refractivity contribution in [1.29, 1.82) is 0 Å². The minimum absolute atomic E-state index is 0. The van der Waals surface area contributed by atoms with Crippen LogP contribution in [0.3, 0.4) is 0 Å². The average molecular weight is 160 g/mol. The van der Waals surface area contributed by atoms with E-state index in [0.29, 0.717) is 0 Å². The van der Waals surface area contributed by atoms with Gasteiger partial charge >= 0.3 is 7.82 Å². The van der Waals surface area contributed by atoms with Gasteiger partial charge in [-0.1, -0.05) is 6.92 Å². The third kappa shape index (κ3) is 324000. The van der Waals surface area contributed by atoms with Gasteiger partial charge in [-0.15, -0.1) is 0 Å². The van der Waals surface area contributed by atoms with Crippen LogP contribution >= 0.6 is 7.82 Å². The summed E-state index contributed by atoms with van der Waals surface area (Å²) < 4.78 is 8.88. The first-order valence-corrected chi connectivity index (χ1v) is 3.46. The Morgan fingerprint density at radius 3 is 1.44 bits per heavy atom. The minimum Gasteiger partial charge on any atom is -0.344 e. The molecule has 0 aliphatic carbocycles. The molecule has 0 spiro atoms. The Labute approximate surface area is 53.5 Å². The summed E-state index contributed by atoms with van der Waals surface area (Å²) >= 11 is 0. The Balaban J connectivity index is -0.0000000800. The Kier molecular flexibility index (Phi) is 14.3. The zero-order chi connectivity index (χ0) is 7.21. The molecule has 0 bridgehead atoms. The fourth-order valence-electron chi connectivity index (χ4n) is 0. The molecule has 0 heterocycles. The van der Waals surface area contributed by atoms with Gasteiger partial charge in [-0.3, -0.25) is 0 Å². The summed E-state index contributed by atoms with van der Waals surface area (Å²) in [4.78, 5) is 21.6. The molecule has 8 N–H and O–H groups in total. The summed E-state index contributed by atoms with van der Waals surface area (Å²) in [7, 11) is -4.64. The quantitative estimate of drug-likeness (QED) is 0.294. The van der Waals surface area contributed by atoms with Crippen molar-refractivity contribution in [2.75, 3.05) is 6.54 Å². The molecule has 7 heteroatoms. The third-order valence-corrected chi connectivity index (χ3v) is 0. The molecule has 0 saturated carbocycles. The van der Waals surface area contributed by atoms with Gasteiger partial charge in [0, 0.05) is 0 Å². The van der Waals surface area contributed by atoms with Crippen molar-refractivity contribution in [2.24, 2.45) is 5.73 Å². The van der Waals surface area contributed by atoms with Crippen LogP contribution in [0.15, 0.2) is 0 Å². The van der Waals surface area contributed by atoms with E-state index in [0.717, 1.165) is 6.54 Å². The monoisotopic (exact) mass is 160 g/mol. The van der Waals surface area contributed by atoms with E-state index in [4.69, 9.17) is 25.0 Å². The van der Waals surface area contributed by atoms with Gasteiger partial charge in [0.25, 0.3) is 0 Å². The number of phosphoric acid groups is 1. The van der Waals surface area contributed by atoms with Crippen molar-refractivity contribution in [2.45, 2.75) is 6.92 Å². The van der Waals surface area contributed by atoms with Crippen molar-refractivity contribution < 1.29 is 19.2 Å². The van der Waals surface area contributed by atoms with Crippen LogP contribution < -0.4 is 11.9 Å². The van der Waals surface area contributed by atoms with Crippen LogP contribution in [0.25, 0.3) is 0 Å². The summed E-state index contributed by atoms with van der Waals surface area (Å²) in [5.41, 5.74) is 4.85. The molecule has 0 aromatic rings. The van der Waals surface area contributed by atoms with Gasteiger partial charge in [0.05, 0.1) is 0 Å². The maximum atomic E-state index is 8.88. The fourth-order valence-corrected chi connectivity index (χ4v) is 0. The van der Waals surface area contributed by atoms with E-state index in [1.807, 2.05) is 6.92 Å². The van der Waals surface area contributed by atoms with E-state index >= 15 is 0 Å². The lowest BCUT2D eigenvalue weighted by Crippen LogP contribution is -1.87. The average Bonchev–Trinajstić information content (AvgIpc) is 1.27. The second kappa shape index (κ2) is 8.03. The van der Waals surface area contributed by atoms with Crippen molar-refractivity contribution in [3.8, 4) is 0 Å². The van der Waals surface area contributed by atoms with Crippen LogP contribution in [-0.2, 0) is 4.57 Å². The molecule has 9 heavy (non-hydrogen) atoms. The number of rotatable bonds is 0. The van der Waals surface area contributed by atoms with Crippen molar-refractivity contribution in [3.63, 3.8) is 0 Å². The summed E-state index contributed by atoms with van der Waals surface area (Å²) in [6, 6.07) is 0. The molecular weight excluding hydrogens is 147 g/mol. The summed E-state index contributed by atoms with van der Waals surface area (Å²) in [6.45, 7) is 2.65. The Hall–Kier alpha value is 0.0300. The predicted octanol–water partition coefficient (Wildman–Crippen LogP) is -0.802. The van der Waals surface area contributed by atoms with Crippen LogP contribution in [0.4, 0.5) is 0 Å². The molecule has 0 radical (unpaired) electrons. The lowest BCUT2D eigenvalue weighted by atomic mass is 10.8. The van der Waals surface area contributed by atoms with Crippen LogP contribution in [-0.4, -0.2) is 21.2 Å². The van der Waals surface area contributed by atoms with Gasteiger partial charge in [-0.2, -0.15) is 0 Å². The van der Waals surface area contributed by atoms with Gasteiger partial charge in [0.15, 0.2) is 0 Å². The molecule has 6 nitrogen and oxygen atoms in total. The second-order valence-electron chi connectivity index (χ2n) is 0.922. The summed E-state index contributed by atoms with van der Waals surface area (Å²) in [5, 5.41) is 0. The first-order chi connectivity index (χ1) is 3.41. The third-order valence-electron chi connectivity index (χ3n) is 0. The Bertz CT molecular complexity index is 72.4. The highest BCUT2D eigenvalue weighted by Gasteiger charge is 2.00. The first kappa shape index (κ1) is 16.0. The lowest BCUT2D eigenvalue weighted by molar-refractivity contribution is 0.275. The molecule has 0 rings (SSSR count). The second-order valence-corrected chi connectivity index (χ2v) is 1.95. The molecule has 60 valence electrons. The standard InChI is InChI=1S/C2H7N.H3N.H3O4P/c1-2-3;;1-5(2,3)4/h2-3H2,1H3;1H3;(H3,1,2,3,4). The smallest absolute Gasteiger partial charge is 0.344 e. The van der Waals surface area contributed by atoms with Gasteiger partial charge in [0.1, 0.15) is 0 Å². The highest BCUT2D eigenvalue weighted by Crippen LogP contribution is 2.25. The minimum atomic E-state index is -4.64. The molecule has 0 saturated heterocycles. The van der Waals surface area contributed by atoms with E-state index in [1.54, 1.807) is 0 Å². The SMILES string of the molecule is CCN.N.O=P(O)(O)O. The largest absolute Gasteiger partial charge is 0.466 e. The van der Waals surface area contributed by atoms with E-state index < -0.39 is 7.82 Å². The van der Waals surface area contributed by atoms with E-state index in [-0.39, 0.29) is 6.15 Å². The Morgan fingerprint density at radius 1 is 1.44 bits per heavy atom. The van der Waals surface area contributed by atoms with Crippen molar-refractivity contribution in [1.82, 2.24) is 6.15 Å². The van der Waals surface area contributed by atoms with Gasteiger partial charge in [0.2, 0.25) is 0 Å².